The molecule has 0 aromatic carbocycles. The summed E-state index contributed by atoms with van der Waals surface area (Å²) in [4.78, 5) is 25.9. The van der Waals surface area contributed by atoms with Crippen LogP contribution in [0.15, 0.2) is 0 Å². The molecule has 0 bridgehead atoms. The molecular formula is C15H25N3O3. The molecule has 1 heterocycles. The van der Waals surface area contributed by atoms with Crippen LogP contribution in [0, 0.1) is 19.8 Å². The van der Waals surface area contributed by atoms with E-state index in [0.717, 1.165) is 18.5 Å². The van der Waals surface area contributed by atoms with E-state index in [1.54, 1.807) is 18.7 Å². The molecule has 0 atom stereocenters. The van der Waals surface area contributed by atoms with Crippen molar-refractivity contribution in [3.63, 3.8) is 0 Å². The minimum absolute atomic E-state index is 0.0319. The molecule has 6 heteroatoms. The van der Waals surface area contributed by atoms with Gasteiger partial charge in [0, 0.05) is 12.2 Å². The predicted molar refractivity (Wildman–Crippen MR) is 80.1 cm³/mol. The second-order valence-corrected chi connectivity index (χ2v) is 5.25. The predicted octanol–water partition coefficient (Wildman–Crippen LogP) is 2.08. The molecule has 0 aliphatic heterocycles. The van der Waals surface area contributed by atoms with E-state index in [2.05, 4.69) is 24.0 Å². The van der Waals surface area contributed by atoms with Crippen molar-refractivity contribution in [2.45, 2.75) is 40.5 Å². The van der Waals surface area contributed by atoms with Crippen LogP contribution >= 0.6 is 0 Å². The van der Waals surface area contributed by atoms with Gasteiger partial charge in [0.15, 0.2) is 0 Å². The number of aromatic nitrogens is 2. The van der Waals surface area contributed by atoms with Crippen LogP contribution in [0.2, 0.25) is 0 Å². The molecule has 0 unspecified atom stereocenters. The number of hydrogen-bond donors (Lipinski definition) is 1. The minimum atomic E-state index is -0.409. The Morgan fingerprint density at radius 1 is 1.29 bits per heavy atom. The van der Waals surface area contributed by atoms with Gasteiger partial charge in [-0.2, -0.15) is 5.10 Å². The lowest BCUT2D eigenvalue weighted by Crippen LogP contribution is -2.39. The number of nitrogens with one attached hydrogen (secondary N) is 1. The number of methoxy groups -OCH3 is 1. The molecule has 0 saturated heterocycles. The smallest absolute Gasteiger partial charge is 0.325 e. The maximum absolute atomic E-state index is 12.7. The minimum Gasteiger partial charge on any atom is -0.468 e. The van der Waals surface area contributed by atoms with Crippen molar-refractivity contribution in [1.82, 2.24) is 15.1 Å². The molecule has 1 aromatic rings. The molecule has 0 fully saturated rings. The van der Waals surface area contributed by atoms with E-state index in [9.17, 15) is 9.59 Å². The quantitative estimate of drug-likeness (QED) is 0.781. The van der Waals surface area contributed by atoms with E-state index < -0.39 is 5.97 Å². The summed E-state index contributed by atoms with van der Waals surface area (Å²) in [6.07, 6.45) is 1.93. The fourth-order valence-corrected chi connectivity index (χ4v) is 2.32. The Kier molecular flexibility index (Phi) is 6.39. The third-order valence-corrected chi connectivity index (χ3v) is 3.81. The maximum atomic E-state index is 12.7. The zero-order valence-electron chi connectivity index (χ0n) is 13.5. The summed E-state index contributed by atoms with van der Waals surface area (Å²) in [5.74, 6) is -0.213. The summed E-state index contributed by atoms with van der Waals surface area (Å²) in [5.41, 5.74) is 1.92. The first kappa shape index (κ1) is 17.2. The van der Waals surface area contributed by atoms with Crippen LogP contribution in [0.25, 0.3) is 0 Å². The van der Waals surface area contributed by atoms with Crippen LogP contribution in [-0.4, -0.2) is 47.2 Å². The van der Waals surface area contributed by atoms with Gasteiger partial charge in [0.25, 0.3) is 5.91 Å². The molecule has 118 valence electrons. The molecule has 1 N–H and O–H groups in total. The van der Waals surface area contributed by atoms with Crippen molar-refractivity contribution in [2.75, 3.05) is 20.2 Å². The summed E-state index contributed by atoms with van der Waals surface area (Å²) in [5, 5.41) is 6.86. The van der Waals surface area contributed by atoms with Gasteiger partial charge in [-0.1, -0.05) is 26.7 Å². The van der Waals surface area contributed by atoms with Gasteiger partial charge < -0.3 is 9.64 Å². The molecule has 0 aliphatic carbocycles. The Hall–Kier alpha value is -1.85. The van der Waals surface area contributed by atoms with Gasteiger partial charge in [0.05, 0.1) is 18.4 Å². The highest BCUT2D eigenvalue weighted by atomic mass is 16.5. The summed E-state index contributed by atoms with van der Waals surface area (Å²) < 4.78 is 4.70. The summed E-state index contributed by atoms with van der Waals surface area (Å²) in [6.45, 7) is 8.28. The van der Waals surface area contributed by atoms with E-state index in [1.165, 1.54) is 7.11 Å². The molecule has 0 aliphatic rings. The number of ether oxygens (including phenoxy) is 1. The summed E-state index contributed by atoms with van der Waals surface area (Å²) in [6, 6.07) is 0. The van der Waals surface area contributed by atoms with Gasteiger partial charge >= 0.3 is 5.97 Å². The summed E-state index contributed by atoms with van der Waals surface area (Å²) >= 11 is 0. The summed E-state index contributed by atoms with van der Waals surface area (Å²) in [7, 11) is 1.33. The lowest BCUT2D eigenvalue weighted by Gasteiger charge is -2.26. The first-order chi connectivity index (χ1) is 9.94. The number of nitrogens with zero attached hydrogens (tertiary/aromatic N) is 2. The number of amides is 1. The topological polar surface area (TPSA) is 75.3 Å². The largest absolute Gasteiger partial charge is 0.468 e. The number of hydrogen-bond acceptors (Lipinski definition) is 4. The molecule has 1 aromatic heterocycles. The van der Waals surface area contributed by atoms with E-state index in [1.807, 2.05) is 0 Å². The SMILES string of the molecule is CCC(CC)CN(CC(=O)OC)C(=O)c1c(C)n[nH]c1C. The lowest BCUT2D eigenvalue weighted by molar-refractivity contribution is -0.141. The zero-order valence-corrected chi connectivity index (χ0v) is 13.5. The van der Waals surface area contributed by atoms with Gasteiger partial charge in [-0.25, -0.2) is 0 Å². The number of rotatable bonds is 7. The van der Waals surface area contributed by atoms with Crippen LogP contribution in [0.5, 0.6) is 0 Å². The molecule has 1 amide bonds. The van der Waals surface area contributed by atoms with Crippen molar-refractivity contribution in [3.8, 4) is 0 Å². The number of carbonyl (C=O) groups is 2. The molecule has 21 heavy (non-hydrogen) atoms. The van der Waals surface area contributed by atoms with Crippen LogP contribution in [0.3, 0.4) is 0 Å². The van der Waals surface area contributed by atoms with Crippen LogP contribution < -0.4 is 0 Å². The molecule has 0 radical (unpaired) electrons. The highest BCUT2D eigenvalue weighted by Gasteiger charge is 2.25. The Balaban J connectivity index is 2.99. The van der Waals surface area contributed by atoms with Gasteiger partial charge in [-0.15, -0.1) is 0 Å². The Bertz CT molecular complexity index is 473. The average Bonchev–Trinajstić information content (AvgIpc) is 2.81. The Morgan fingerprint density at radius 2 is 1.90 bits per heavy atom. The van der Waals surface area contributed by atoms with Crippen LogP contribution in [-0.2, 0) is 9.53 Å². The normalized spacial score (nSPS) is 10.8. The van der Waals surface area contributed by atoms with E-state index in [4.69, 9.17) is 4.74 Å². The lowest BCUT2D eigenvalue weighted by atomic mass is 10.0. The number of H-pyrrole nitrogens is 1. The Labute approximate surface area is 125 Å². The highest BCUT2D eigenvalue weighted by Crippen LogP contribution is 2.16. The molecule has 1 rings (SSSR count). The molecule has 6 nitrogen and oxygen atoms in total. The monoisotopic (exact) mass is 295 g/mol. The van der Waals surface area contributed by atoms with Gasteiger partial charge in [-0.05, 0) is 19.8 Å². The third-order valence-electron chi connectivity index (χ3n) is 3.81. The number of carbonyl (C=O) groups excluding carboxylic acids is 2. The van der Waals surface area contributed by atoms with Gasteiger partial charge in [0.2, 0.25) is 0 Å². The van der Waals surface area contributed by atoms with Crippen molar-refractivity contribution in [1.29, 1.82) is 0 Å². The van der Waals surface area contributed by atoms with Crippen molar-refractivity contribution in [3.05, 3.63) is 17.0 Å². The highest BCUT2D eigenvalue weighted by molar-refractivity contribution is 5.97. The van der Waals surface area contributed by atoms with E-state index >= 15 is 0 Å². The first-order valence-corrected chi connectivity index (χ1v) is 7.32. The second-order valence-electron chi connectivity index (χ2n) is 5.25. The number of aryl methyl sites for hydroxylation is 2. The average molecular weight is 295 g/mol. The van der Waals surface area contributed by atoms with E-state index in [0.29, 0.717) is 23.7 Å². The second kappa shape index (κ2) is 7.81. The molecule has 0 saturated carbocycles. The fraction of sp³-hybridized carbons (Fsp3) is 0.667. The van der Waals surface area contributed by atoms with Crippen molar-refractivity contribution >= 4 is 11.9 Å². The van der Waals surface area contributed by atoms with Crippen LogP contribution in [0.4, 0.5) is 0 Å². The standard InChI is InChI=1S/C15H25N3O3/c1-6-12(7-2)8-18(9-13(19)21-5)15(20)14-10(3)16-17-11(14)4/h12H,6-9H2,1-5H3,(H,16,17). The van der Waals surface area contributed by atoms with Gasteiger partial charge in [-0.3, -0.25) is 14.7 Å². The fourth-order valence-electron chi connectivity index (χ4n) is 2.32. The third kappa shape index (κ3) is 4.31. The molecular weight excluding hydrogens is 270 g/mol. The van der Waals surface area contributed by atoms with Gasteiger partial charge in [0.1, 0.15) is 6.54 Å². The van der Waals surface area contributed by atoms with Crippen molar-refractivity contribution < 1.29 is 14.3 Å². The maximum Gasteiger partial charge on any atom is 0.325 e. The number of aromatic amines is 1. The van der Waals surface area contributed by atoms with E-state index in [-0.39, 0.29) is 12.5 Å². The number of esters is 1. The van der Waals surface area contributed by atoms with Crippen LogP contribution in [0.1, 0.15) is 48.4 Å². The first-order valence-electron chi connectivity index (χ1n) is 7.32. The molecule has 0 spiro atoms. The Morgan fingerprint density at radius 3 is 2.33 bits per heavy atom. The zero-order chi connectivity index (χ0) is 16.0. The van der Waals surface area contributed by atoms with Crippen molar-refractivity contribution in [2.24, 2.45) is 5.92 Å².